The molecular formula is C14H19NO5. The SMILES string of the molecule is CC(=O)N[C@@H]1[C@@H](OCc2ccccc2)[C@@H](CO)O[C@H]1O. The van der Waals surface area contributed by atoms with Gasteiger partial charge in [0.25, 0.3) is 0 Å². The number of amides is 1. The molecule has 0 aromatic heterocycles. The van der Waals surface area contributed by atoms with E-state index < -0.39 is 24.5 Å². The number of rotatable bonds is 5. The Balaban J connectivity index is 2.02. The number of benzene rings is 1. The van der Waals surface area contributed by atoms with Gasteiger partial charge in [-0.05, 0) is 5.56 Å². The molecule has 3 N–H and O–H groups in total. The smallest absolute Gasteiger partial charge is 0.217 e. The zero-order valence-corrected chi connectivity index (χ0v) is 11.2. The van der Waals surface area contributed by atoms with Crippen molar-refractivity contribution in [1.82, 2.24) is 5.32 Å². The van der Waals surface area contributed by atoms with Crippen molar-refractivity contribution in [2.45, 2.75) is 38.1 Å². The van der Waals surface area contributed by atoms with Crippen LogP contribution in [-0.4, -0.2) is 47.3 Å². The van der Waals surface area contributed by atoms with E-state index in [1.54, 1.807) is 0 Å². The molecule has 1 heterocycles. The molecule has 1 saturated heterocycles. The fraction of sp³-hybridized carbons (Fsp3) is 0.500. The van der Waals surface area contributed by atoms with E-state index in [0.717, 1.165) is 5.56 Å². The van der Waals surface area contributed by atoms with E-state index in [2.05, 4.69) is 5.32 Å². The van der Waals surface area contributed by atoms with Crippen molar-refractivity contribution in [3.63, 3.8) is 0 Å². The van der Waals surface area contributed by atoms with Gasteiger partial charge in [0, 0.05) is 6.92 Å². The van der Waals surface area contributed by atoms with Gasteiger partial charge in [-0.3, -0.25) is 4.79 Å². The molecule has 1 aliphatic heterocycles. The van der Waals surface area contributed by atoms with E-state index in [-0.39, 0.29) is 12.5 Å². The Kier molecular flexibility index (Phi) is 5.08. The van der Waals surface area contributed by atoms with Crippen LogP contribution in [0.25, 0.3) is 0 Å². The molecule has 0 bridgehead atoms. The molecule has 1 aromatic rings. The highest BCUT2D eigenvalue weighted by atomic mass is 16.6. The van der Waals surface area contributed by atoms with E-state index in [1.807, 2.05) is 30.3 Å². The molecule has 0 saturated carbocycles. The second kappa shape index (κ2) is 6.81. The molecule has 1 amide bonds. The largest absolute Gasteiger partial charge is 0.394 e. The maximum atomic E-state index is 11.2. The number of nitrogens with one attached hydrogen (secondary N) is 1. The fourth-order valence-electron chi connectivity index (χ4n) is 2.25. The van der Waals surface area contributed by atoms with Gasteiger partial charge in [0.15, 0.2) is 6.29 Å². The van der Waals surface area contributed by atoms with Crippen LogP contribution < -0.4 is 5.32 Å². The third kappa shape index (κ3) is 3.55. The highest BCUT2D eigenvalue weighted by Gasteiger charge is 2.44. The average molecular weight is 281 g/mol. The predicted octanol–water partition coefficient (Wildman–Crippen LogP) is -0.214. The molecule has 1 fully saturated rings. The lowest BCUT2D eigenvalue weighted by Crippen LogP contribution is -2.48. The molecule has 110 valence electrons. The van der Waals surface area contributed by atoms with Crippen LogP contribution in [0.1, 0.15) is 12.5 Å². The van der Waals surface area contributed by atoms with Crippen molar-refractivity contribution < 1.29 is 24.5 Å². The quantitative estimate of drug-likeness (QED) is 0.695. The third-order valence-corrected chi connectivity index (χ3v) is 3.18. The second-order valence-corrected chi connectivity index (χ2v) is 4.74. The lowest BCUT2D eigenvalue weighted by atomic mass is 10.1. The van der Waals surface area contributed by atoms with Gasteiger partial charge in [-0.15, -0.1) is 0 Å². The summed E-state index contributed by atoms with van der Waals surface area (Å²) in [5.41, 5.74) is 0.965. The zero-order chi connectivity index (χ0) is 14.5. The molecule has 2 rings (SSSR count). The minimum absolute atomic E-state index is 0.285. The molecule has 6 heteroatoms. The monoisotopic (exact) mass is 281 g/mol. The normalized spacial score (nSPS) is 29.4. The van der Waals surface area contributed by atoms with Gasteiger partial charge in [0.1, 0.15) is 18.2 Å². The van der Waals surface area contributed by atoms with E-state index in [1.165, 1.54) is 6.92 Å². The van der Waals surface area contributed by atoms with Crippen LogP contribution in [0.3, 0.4) is 0 Å². The third-order valence-electron chi connectivity index (χ3n) is 3.18. The zero-order valence-electron chi connectivity index (χ0n) is 11.2. The molecule has 1 aliphatic rings. The first kappa shape index (κ1) is 14.9. The number of hydrogen-bond donors (Lipinski definition) is 3. The van der Waals surface area contributed by atoms with E-state index in [4.69, 9.17) is 9.47 Å². The van der Waals surface area contributed by atoms with Crippen LogP contribution in [0.2, 0.25) is 0 Å². The first-order valence-electron chi connectivity index (χ1n) is 6.49. The van der Waals surface area contributed by atoms with Crippen LogP contribution in [0.15, 0.2) is 30.3 Å². The van der Waals surface area contributed by atoms with Crippen molar-refractivity contribution in [3.8, 4) is 0 Å². The minimum Gasteiger partial charge on any atom is -0.394 e. The maximum Gasteiger partial charge on any atom is 0.217 e. The van der Waals surface area contributed by atoms with Gasteiger partial charge in [-0.25, -0.2) is 0 Å². The van der Waals surface area contributed by atoms with Gasteiger partial charge >= 0.3 is 0 Å². The molecule has 4 atom stereocenters. The lowest BCUT2D eigenvalue weighted by Gasteiger charge is -2.23. The molecule has 1 aromatic carbocycles. The Morgan fingerprint density at radius 1 is 1.40 bits per heavy atom. The Hall–Kier alpha value is -1.47. The van der Waals surface area contributed by atoms with E-state index in [9.17, 15) is 15.0 Å². The summed E-state index contributed by atoms with van der Waals surface area (Å²) >= 11 is 0. The molecule has 20 heavy (non-hydrogen) atoms. The number of carbonyl (C=O) groups is 1. The minimum atomic E-state index is -1.18. The first-order valence-corrected chi connectivity index (χ1v) is 6.49. The van der Waals surface area contributed by atoms with Crippen LogP contribution in [-0.2, 0) is 20.9 Å². The number of ether oxygens (including phenoxy) is 2. The number of aliphatic hydroxyl groups is 2. The summed E-state index contributed by atoms with van der Waals surface area (Å²) < 4.78 is 10.9. The maximum absolute atomic E-state index is 11.2. The molecule has 0 radical (unpaired) electrons. The molecule has 0 spiro atoms. The molecule has 6 nitrogen and oxygen atoms in total. The fourth-order valence-corrected chi connectivity index (χ4v) is 2.25. The van der Waals surface area contributed by atoms with Crippen LogP contribution in [0.5, 0.6) is 0 Å². The van der Waals surface area contributed by atoms with Crippen LogP contribution >= 0.6 is 0 Å². The van der Waals surface area contributed by atoms with E-state index >= 15 is 0 Å². The summed E-state index contributed by atoms with van der Waals surface area (Å²) in [6.45, 7) is 1.38. The summed E-state index contributed by atoms with van der Waals surface area (Å²) in [7, 11) is 0. The second-order valence-electron chi connectivity index (χ2n) is 4.74. The van der Waals surface area contributed by atoms with Gasteiger partial charge in [0.05, 0.1) is 13.2 Å². The topological polar surface area (TPSA) is 88.0 Å². The van der Waals surface area contributed by atoms with Gasteiger partial charge in [-0.1, -0.05) is 30.3 Å². The summed E-state index contributed by atoms with van der Waals surface area (Å²) in [6.07, 6.45) is -2.44. The summed E-state index contributed by atoms with van der Waals surface area (Å²) in [4.78, 5) is 11.2. The van der Waals surface area contributed by atoms with Crippen molar-refractivity contribution in [2.75, 3.05) is 6.61 Å². The number of carbonyl (C=O) groups excluding carboxylic acids is 1. The molecular weight excluding hydrogens is 262 g/mol. The predicted molar refractivity (Wildman–Crippen MR) is 70.6 cm³/mol. The van der Waals surface area contributed by atoms with Gasteiger partial charge in [-0.2, -0.15) is 0 Å². The van der Waals surface area contributed by atoms with Gasteiger partial charge < -0.3 is 25.0 Å². The van der Waals surface area contributed by atoms with E-state index in [0.29, 0.717) is 6.61 Å². The number of aliphatic hydroxyl groups excluding tert-OH is 2. The van der Waals surface area contributed by atoms with Crippen molar-refractivity contribution >= 4 is 5.91 Å². The summed E-state index contributed by atoms with van der Waals surface area (Å²) in [5.74, 6) is -0.287. The lowest BCUT2D eigenvalue weighted by molar-refractivity contribution is -0.127. The van der Waals surface area contributed by atoms with Crippen LogP contribution in [0, 0.1) is 0 Å². The highest BCUT2D eigenvalue weighted by molar-refractivity contribution is 5.73. The Labute approximate surface area is 117 Å². The van der Waals surface area contributed by atoms with Gasteiger partial charge in [0.2, 0.25) is 5.91 Å². The Morgan fingerprint density at radius 3 is 2.70 bits per heavy atom. The molecule has 0 aliphatic carbocycles. The van der Waals surface area contributed by atoms with Crippen molar-refractivity contribution in [1.29, 1.82) is 0 Å². The van der Waals surface area contributed by atoms with Crippen LogP contribution in [0.4, 0.5) is 0 Å². The standard InChI is InChI=1S/C14H19NO5/c1-9(17)15-12-13(11(7-16)20-14(12)18)19-8-10-5-3-2-4-6-10/h2-6,11-14,16,18H,7-8H2,1H3,(H,15,17)/t11-,12-,13+,14-/m1/s1. The Bertz CT molecular complexity index is 438. The summed E-state index contributed by atoms with van der Waals surface area (Å²) in [6, 6.07) is 8.83. The Morgan fingerprint density at radius 2 is 2.10 bits per heavy atom. The van der Waals surface area contributed by atoms with Crippen molar-refractivity contribution in [3.05, 3.63) is 35.9 Å². The summed E-state index contributed by atoms with van der Waals surface area (Å²) in [5, 5.41) is 21.6. The average Bonchev–Trinajstić information content (AvgIpc) is 2.73. The first-order chi connectivity index (χ1) is 9.61. The van der Waals surface area contributed by atoms with Crippen molar-refractivity contribution in [2.24, 2.45) is 0 Å². The molecule has 0 unspecified atom stereocenters. The number of hydrogen-bond acceptors (Lipinski definition) is 5. The highest BCUT2D eigenvalue weighted by Crippen LogP contribution is 2.23.